The van der Waals surface area contributed by atoms with E-state index >= 15 is 0 Å². The summed E-state index contributed by atoms with van der Waals surface area (Å²) in [5.74, 6) is 1.77. The first-order valence-corrected chi connectivity index (χ1v) is 14.2. The number of benzene rings is 3. The van der Waals surface area contributed by atoms with Gasteiger partial charge in [-0.1, -0.05) is 62.7 Å². The van der Waals surface area contributed by atoms with Crippen molar-refractivity contribution in [3.63, 3.8) is 0 Å². The maximum Gasteiger partial charge on any atom is 0.387 e. The van der Waals surface area contributed by atoms with Crippen molar-refractivity contribution in [3.05, 3.63) is 83.4 Å². The molecule has 2 aliphatic rings. The van der Waals surface area contributed by atoms with Crippen LogP contribution in [-0.4, -0.2) is 19.7 Å². The van der Waals surface area contributed by atoms with Gasteiger partial charge in [-0.25, -0.2) is 0 Å². The van der Waals surface area contributed by atoms with E-state index in [0.717, 1.165) is 60.1 Å². The topological polar surface area (TPSA) is 44.8 Å². The third-order valence-electron chi connectivity index (χ3n) is 8.62. The van der Waals surface area contributed by atoms with Crippen LogP contribution in [0.2, 0.25) is 0 Å². The van der Waals surface area contributed by atoms with Gasteiger partial charge in [-0.2, -0.15) is 8.78 Å². The summed E-state index contributed by atoms with van der Waals surface area (Å²) in [5.41, 5.74) is 5.43. The number of hydrogen-bond acceptors (Lipinski definition) is 4. The Bertz CT molecular complexity index is 1330. The number of carbonyl (C=O) groups excluding carboxylic acids is 1. The van der Waals surface area contributed by atoms with Crippen molar-refractivity contribution in [2.75, 3.05) is 7.11 Å². The number of methoxy groups -OCH3 is 1. The van der Waals surface area contributed by atoms with E-state index in [1.165, 1.54) is 12.7 Å². The first-order chi connectivity index (χ1) is 19.2. The Morgan fingerprint density at radius 2 is 1.75 bits per heavy atom. The highest BCUT2D eigenvalue weighted by Gasteiger charge is 2.37. The molecule has 0 aliphatic heterocycles. The molecular weight excluding hydrogens is 510 g/mol. The quantitative estimate of drug-likeness (QED) is 0.225. The maximum absolute atomic E-state index is 12.9. The fraction of sp³-hybridized carbons (Fsp3) is 0.441. The molecule has 0 bridgehead atoms. The Morgan fingerprint density at radius 1 is 0.975 bits per heavy atom. The molecule has 0 saturated heterocycles. The molecule has 40 heavy (non-hydrogen) atoms. The number of hydrogen-bond donors (Lipinski definition) is 0. The number of halogens is 2. The van der Waals surface area contributed by atoms with Crippen LogP contribution in [0.5, 0.6) is 11.5 Å². The lowest BCUT2D eigenvalue weighted by atomic mass is 9.75. The zero-order valence-corrected chi connectivity index (χ0v) is 23.5. The van der Waals surface area contributed by atoms with Gasteiger partial charge < -0.3 is 14.2 Å². The Morgan fingerprint density at radius 3 is 2.45 bits per heavy atom. The fourth-order valence-corrected chi connectivity index (χ4v) is 6.32. The van der Waals surface area contributed by atoms with E-state index in [2.05, 4.69) is 48.9 Å². The molecule has 4 nitrogen and oxygen atoms in total. The van der Waals surface area contributed by atoms with Crippen molar-refractivity contribution in [2.45, 2.75) is 77.4 Å². The average Bonchev–Trinajstić information content (AvgIpc) is 3.72. The van der Waals surface area contributed by atoms with Gasteiger partial charge in [-0.15, -0.1) is 0 Å². The van der Waals surface area contributed by atoms with E-state index < -0.39 is 6.61 Å². The molecule has 1 unspecified atom stereocenters. The second kappa shape index (κ2) is 12.0. The minimum atomic E-state index is -2.86. The van der Waals surface area contributed by atoms with E-state index in [1.54, 1.807) is 18.2 Å². The molecular formula is C34H38F2O4. The molecule has 0 aromatic heterocycles. The van der Waals surface area contributed by atoms with Crippen LogP contribution in [0.4, 0.5) is 8.78 Å². The van der Waals surface area contributed by atoms with Gasteiger partial charge in [0.25, 0.3) is 0 Å². The van der Waals surface area contributed by atoms with Crippen LogP contribution < -0.4 is 9.47 Å². The fourth-order valence-electron chi connectivity index (χ4n) is 6.32. The highest BCUT2D eigenvalue weighted by molar-refractivity contribution is 5.71. The Kier molecular flexibility index (Phi) is 8.43. The molecule has 5 rings (SSSR count). The monoisotopic (exact) mass is 548 g/mol. The highest BCUT2D eigenvalue weighted by atomic mass is 19.3. The molecule has 2 saturated carbocycles. The van der Waals surface area contributed by atoms with Crippen LogP contribution in [0.3, 0.4) is 0 Å². The first kappa shape index (κ1) is 28.1. The third-order valence-corrected chi connectivity index (χ3v) is 8.62. The summed E-state index contributed by atoms with van der Waals surface area (Å²) in [7, 11) is 1.44. The van der Waals surface area contributed by atoms with Crippen molar-refractivity contribution >= 4 is 5.97 Å². The van der Waals surface area contributed by atoms with E-state index in [-0.39, 0.29) is 23.1 Å². The SMILES string of the molecule is COC(=O)C[C@@H](c1cccc(OCc2ccc(-c3cccc(OC(F)F)c3)c(C3CCCC3(C)C)c2)c1)C1CC1. The van der Waals surface area contributed by atoms with Crippen LogP contribution in [-0.2, 0) is 16.1 Å². The van der Waals surface area contributed by atoms with Gasteiger partial charge in [0.05, 0.1) is 13.5 Å². The third kappa shape index (κ3) is 6.65. The van der Waals surface area contributed by atoms with E-state index in [0.29, 0.717) is 24.9 Å². The Labute approximate surface area is 235 Å². The Balaban J connectivity index is 1.39. The lowest BCUT2D eigenvalue weighted by molar-refractivity contribution is -0.141. The van der Waals surface area contributed by atoms with Crippen LogP contribution in [0, 0.1) is 11.3 Å². The summed E-state index contributed by atoms with van der Waals surface area (Å²) < 4.78 is 41.7. The molecule has 2 atom stereocenters. The molecule has 2 fully saturated rings. The molecule has 6 heteroatoms. The van der Waals surface area contributed by atoms with Gasteiger partial charge in [0.15, 0.2) is 0 Å². The second-order valence-corrected chi connectivity index (χ2v) is 11.8. The molecule has 3 aromatic carbocycles. The Hall–Kier alpha value is -3.41. The summed E-state index contributed by atoms with van der Waals surface area (Å²) in [6.07, 6.45) is 6.05. The van der Waals surface area contributed by atoms with Crippen molar-refractivity contribution in [3.8, 4) is 22.6 Å². The first-order valence-electron chi connectivity index (χ1n) is 14.2. The molecule has 0 N–H and O–H groups in total. The molecule has 0 spiro atoms. The van der Waals surface area contributed by atoms with Crippen molar-refractivity contribution < 1.29 is 27.8 Å². The van der Waals surface area contributed by atoms with Gasteiger partial charge >= 0.3 is 12.6 Å². The number of ether oxygens (including phenoxy) is 3. The molecule has 0 heterocycles. The average molecular weight is 549 g/mol. The van der Waals surface area contributed by atoms with Crippen molar-refractivity contribution in [2.24, 2.45) is 11.3 Å². The largest absolute Gasteiger partial charge is 0.489 e. The lowest BCUT2D eigenvalue weighted by Crippen LogP contribution is -2.16. The lowest BCUT2D eigenvalue weighted by Gasteiger charge is -2.30. The molecule has 0 amide bonds. The summed E-state index contributed by atoms with van der Waals surface area (Å²) in [6.45, 7) is 2.17. The number of carbonyl (C=O) groups is 1. The molecule has 212 valence electrons. The molecule has 3 aromatic rings. The van der Waals surface area contributed by atoms with Gasteiger partial charge in [-0.05, 0) is 101 Å². The standard InChI is InChI=1S/C34H38F2O4/c1-34(2)16-6-11-31(34)30-17-22(12-15-28(30)24-7-5-10-27(19-24)40-33(35)36)21-39-26-9-4-8-25(18-26)29(23-13-14-23)20-32(37)38-3/h4-5,7-10,12,15,17-19,23,29,31,33H,6,11,13-14,16,20-21H2,1-3H3/t29-,31?/m1/s1. The summed E-state index contributed by atoms with van der Waals surface area (Å²) >= 11 is 0. The summed E-state index contributed by atoms with van der Waals surface area (Å²) in [6, 6.07) is 21.4. The van der Waals surface area contributed by atoms with Gasteiger partial charge in [-0.3, -0.25) is 4.79 Å². The van der Waals surface area contributed by atoms with Crippen LogP contribution in [0.1, 0.15) is 80.9 Å². The molecule has 0 radical (unpaired) electrons. The summed E-state index contributed by atoms with van der Waals surface area (Å²) in [5, 5.41) is 0. The van der Waals surface area contributed by atoms with Gasteiger partial charge in [0.2, 0.25) is 0 Å². The van der Waals surface area contributed by atoms with E-state index in [9.17, 15) is 13.6 Å². The van der Waals surface area contributed by atoms with Crippen molar-refractivity contribution in [1.29, 1.82) is 0 Å². The van der Waals surface area contributed by atoms with Gasteiger partial charge in [0, 0.05) is 0 Å². The predicted octanol–water partition coefficient (Wildman–Crippen LogP) is 8.88. The van der Waals surface area contributed by atoms with Crippen molar-refractivity contribution in [1.82, 2.24) is 0 Å². The van der Waals surface area contributed by atoms with E-state index in [1.807, 2.05) is 18.2 Å². The minimum absolute atomic E-state index is 0.136. The zero-order chi connectivity index (χ0) is 28.3. The highest BCUT2D eigenvalue weighted by Crippen LogP contribution is 2.51. The molecule has 2 aliphatic carbocycles. The summed E-state index contributed by atoms with van der Waals surface area (Å²) in [4.78, 5) is 12.0. The minimum Gasteiger partial charge on any atom is -0.489 e. The number of alkyl halides is 2. The van der Waals surface area contributed by atoms with Crippen LogP contribution in [0.25, 0.3) is 11.1 Å². The maximum atomic E-state index is 12.9. The zero-order valence-electron chi connectivity index (χ0n) is 23.5. The second-order valence-electron chi connectivity index (χ2n) is 11.8. The van der Waals surface area contributed by atoms with Crippen LogP contribution >= 0.6 is 0 Å². The van der Waals surface area contributed by atoms with Crippen LogP contribution in [0.15, 0.2) is 66.7 Å². The van der Waals surface area contributed by atoms with Gasteiger partial charge in [0.1, 0.15) is 18.1 Å². The number of esters is 1. The normalized spacial score (nSPS) is 18.9. The van der Waals surface area contributed by atoms with E-state index in [4.69, 9.17) is 9.47 Å². The predicted molar refractivity (Wildman–Crippen MR) is 152 cm³/mol. The number of rotatable bonds is 11. The smallest absolute Gasteiger partial charge is 0.387 e.